The molecule has 5 heteroatoms. The maximum atomic E-state index is 5.84. The summed E-state index contributed by atoms with van der Waals surface area (Å²) in [5.41, 5.74) is 8.04. The Morgan fingerprint density at radius 1 is 1.47 bits per heavy atom. The average Bonchev–Trinajstić information content (AvgIpc) is 3.02. The van der Waals surface area contributed by atoms with Crippen LogP contribution in [0.5, 0.6) is 0 Å². The molecule has 1 aromatic heterocycles. The minimum Gasteiger partial charge on any atom is -0.361 e. The van der Waals surface area contributed by atoms with Gasteiger partial charge in [0.1, 0.15) is 5.76 Å². The van der Waals surface area contributed by atoms with E-state index in [1.54, 1.807) is 0 Å². The lowest BCUT2D eigenvalue weighted by Crippen LogP contribution is -2.39. The highest BCUT2D eigenvalue weighted by atomic mass is 35.5. The van der Waals surface area contributed by atoms with Crippen molar-refractivity contribution in [2.45, 2.75) is 39.3 Å². The van der Waals surface area contributed by atoms with Gasteiger partial charge in [0.15, 0.2) is 0 Å². The lowest BCUT2D eigenvalue weighted by atomic mass is 10.1. The Labute approximate surface area is 109 Å². The van der Waals surface area contributed by atoms with E-state index in [0.717, 1.165) is 30.5 Å². The van der Waals surface area contributed by atoms with Crippen LogP contribution in [0.25, 0.3) is 0 Å². The summed E-state index contributed by atoms with van der Waals surface area (Å²) in [5.74, 6) is 1.73. The van der Waals surface area contributed by atoms with E-state index in [1.165, 1.54) is 18.4 Å². The quantitative estimate of drug-likeness (QED) is 0.877. The van der Waals surface area contributed by atoms with Gasteiger partial charge in [-0.3, -0.25) is 4.90 Å². The molecule has 1 aliphatic rings. The summed E-state index contributed by atoms with van der Waals surface area (Å²) >= 11 is 0. The van der Waals surface area contributed by atoms with Crippen LogP contribution in [0.4, 0.5) is 0 Å². The van der Waals surface area contributed by atoms with Gasteiger partial charge in [0.2, 0.25) is 0 Å². The molecule has 4 nitrogen and oxygen atoms in total. The van der Waals surface area contributed by atoms with Crippen LogP contribution in [0.3, 0.4) is 0 Å². The van der Waals surface area contributed by atoms with E-state index in [4.69, 9.17) is 10.3 Å². The zero-order valence-corrected chi connectivity index (χ0v) is 11.6. The van der Waals surface area contributed by atoms with E-state index in [0.29, 0.717) is 6.04 Å². The van der Waals surface area contributed by atoms with Gasteiger partial charge < -0.3 is 10.3 Å². The van der Waals surface area contributed by atoms with Crippen LogP contribution in [0.1, 0.15) is 29.9 Å². The maximum Gasteiger partial charge on any atom is 0.138 e. The van der Waals surface area contributed by atoms with Crippen LogP contribution in [0.2, 0.25) is 0 Å². The van der Waals surface area contributed by atoms with Gasteiger partial charge in [0.25, 0.3) is 0 Å². The molecule has 2 N–H and O–H groups in total. The van der Waals surface area contributed by atoms with Crippen molar-refractivity contribution in [3.63, 3.8) is 0 Å². The second-order valence-corrected chi connectivity index (χ2v) is 4.86. The van der Waals surface area contributed by atoms with Crippen molar-refractivity contribution in [2.75, 3.05) is 13.6 Å². The fourth-order valence-corrected chi connectivity index (χ4v) is 2.31. The number of aromatic nitrogens is 1. The Bertz CT molecular complexity index is 343. The summed E-state index contributed by atoms with van der Waals surface area (Å²) in [7, 11) is 2.14. The molecule has 0 spiro atoms. The van der Waals surface area contributed by atoms with Gasteiger partial charge in [0, 0.05) is 24.7 Å². The Hall–Kier alpha value is -0.580. The molecule has 1 saturated carbocycles. The van der Waals surface area contributed by atoms with E-state index in [1.807, 2.05) is 13.8 Å². The molecule has 0 aromatic carbocycles. The molecule has 0 bridgehead atoms. The Morgan fingerprint density at radius 2 is 2.12 bits per heavy atom. The van der Waals surface area contributed by atoms with Crippen molar-refractivity contribution in [2.24, 2.45) is 11.7 Å². The van der Waals surface area contributed by atoms with E-state index >= 15 is 0 Å². The standard InChI is InChI=1S/C12H21N3O.ClH/c1-8-11(9(2)16-14-8)7-15(3)12(6-13)10-4-5-10;/h10,12H,4-7,13H2,1-3H3;1H. The van der Waals surface area contributed by atoms with Crippen LogP contribution in [-0.4, -0.2) is 29.7 Å². The molecule has 0 radical (unpaired) electrons. The molecule has 0 aliphatic heterocycles. The number of nitrogens with two attached hydrogens (primary N) is 1. The lowest BCUT2D eigenvalue weighted by Gasteiger charge is -2.26. The van der Waals surface area contributed by atoms with E-state index in [9.17, 15) is 0 Å². The van der Waals surface area contributed by atoms with Gasteiger partial charge in [-0.15, -0.1) is 12.4 Å². The van der Waals surface area contributed by atoms with Crippen LogP contribution < -0.4 is 5.73 Å². The minimum atomic E-state index is 0. The van der Waals surface area contributed by atoms with Gasteiger partial charge in [-0.2, -0.15) is 0 Å². The number of rotatable bonds is 5. The van der Waals surface area contributed by atoms with Crippen molar-refractivity contribution in [3.8, 4) is 0 Å². The lowest BCUT2D eigenvalue weighted by molar-refractivity contribution is 0.214. The van der Waals surface area contributed by atoms with Gasteiger partial charge >= 0.3 is 0 Å². The zero-order valence-electron chi connectivity index (χ0n) is 10.8. The van der Waals surface area contributed by atoms with Gasteiger partial charge in [0.05, 0.1) is 5.69 Å². The topological polar surface area (TPSA) is 55.3 Å². The molecule has 1 aliphatic carbocycles. The van der Waals surface area contributed by atoms with Gasteiger partial charge in [-0.05, 0) is 39.7 Å². The second-order valence-electron chi connectivity index (χ2n) is 4.86. The molecule has 1 unspecified atom stereocenters. The molecule has 0 saturated heterocycles. The largest absolute Gasteiger partial charge is 0.361 e. The molecule has 1 aromatic rings. The van der Waals surface area contributed by atoms with Crippen molar-refractivity contribution in [1.29, 1.82) is 0 Å². The number of likely N-dealkylation sites (N-methyl/N-ethyl adjacent to an activating group) is 1. The fourth-order valence-electron chi connectivity index (χ4n) is 2.31. The SMILES string of the molecule is Cc1noc(C)c1CN(C)C(CN)C1CC1.Cl. The molecule has 17 heavy (non-hydrogen) atoms. The number of halogens is 1. The third-order valence-electron chi connectivity index (χ3n) is 3.56. The monoisotopic (exact) mass is 259 g/mol. The van der Waals surface area contributed by atoms with Crippen LogP contribution >= 0.6 is 12.4 Å². The highest BCUT2D eigenvalue weighted by Crippen LogP contribution is 2.35. The summed E-state index contributed by atoms with van der Waals surface area (Å²) in [6.45, 7) is 5.59. The second kappa shape index (κ2) is 5.85. The Kier molecular flexibility index (Phi) is 4.98. The molecule has 1 heterocycles. The number of hydrogen-bond acceptors (Lipinski definition) is 4. The summed E-state index contributed by atoms with van der Waals surface area (Å²) < 4.78 is 5.18. The first-order valence-electron chi connectivity index (χ1n) is 5.95. The van der Waals surface area contributed by atoms with Crippen molar-refractivity contribution in [3.05, 3.63) is 17.0 Å². The third kappa shape index (κ3) is 3.21. The predicted molar refractivity (Wildman–Crippen MR) is 70.3 cm³/mol. The third-order valence-corrected chi connectivity index (χ3v) is 3.56. The molecule has 0 amide bonds. The zero-order chi connectivity index (χ0) is 11.7. The Balaban J connectivity index is 0.00000144. The van der Waals surface area contributed by atoms with Gasteiger partial charge in [-0.25, -0.2) is 0 Å². The molecule has 98 valence electrons. The normalized spacial score (nSPS) is 17.0. The summed E-state index contributed by atoms with van der Waals surface area (Å²) in [6, 6.07) is 0.508. The van der Waals surface area contributed by atoms with E-state index < -0.39 is 0 Å². The number of aryl methyl sites for hydroxylation is 2. The van der Waals surface area contributed by atoms with E-state index in [2.05, 4.69) is 17.1 Å². The summed E-state index contributed by atoms with van der Waals surface area (Å²) in [5, 5.41) is 3.98. The van der Waals surface area contributed by atoms with Gasteiger partial charge in [-0.1, -0.05) is 5.16 Å². The fraction of sp³-hybridized carbons (Fsp3) is 0.750. The molecule has 1 fully saturated rings. The minimum absolute atomic E-state index is 0. The first-order chi connectivity index (χ1) is 7.63. The molecular weight excluding hydrogens is 238 g/mol. The predicted octanol–water partition coefficient (Wildman–Crippen LogP) is 1.88. The first kappa shape index (κ1) is 14.5. The van der Waals surface area contributed by atoms with Crippen LogP contribution in [-0.2, 0) is 6.54 Å². The average molecular weight is 260 g/mol. The van der Waals surface area contributed by atoms with Crippen molar-refractivity contribution < 1.29 is 4.52 Å². The smallest absolute Gasteiger partial charge is 0.138 e. The summed E-state index contributed by atoms with van der Waals surface area (Å²) in [6.07, 6.45) is 2.65. The molecule has 1 atom stereocenters. The maximum absolute atomic E-state index is 5.84. The van der Waals surface area contributed by atoms with Crippen molar-refractivity contribution in [1.82, 2.24) is 10.1 Å². The van der Waals surface area contributed by atoms with Crippen LogP contribution in [0.15, 0.2) is 4.52 Å². The number of nitrogens with zero attached hydrogens (tertiary/aromatic N) is 2. The molecular formula is C12H22ClN3O. The number of hydrogen-bond donors (Lipinski definition) is 1. The summed E-state index contributed by atoms with van der Waals surface area (Å²) in [4.78, 5) is 2.34. The first-order valence-corrected chi connectivity index (χ1v) is 5.95. The molecule has 2 rings (SSSR count). The van der Waals surface area contributed by atoms with E-state index in [-0.39, 0.29) is 12.4 Å². The highest BCUT2D eigenvalue weighted by Gasteiger charge is 2.33. The van der Waals surface area contributed by atoms with Crippen molar-refractivity contribution >= 4 is 12.4 Å². The Morgan fingerprint density at radius 3 is 2.53 bits per heavy atom. The highest BCUT2D eigenvalue weighted by molar-refractivity contribution is 5.85. The van der Waals surface area contributed by atoms with Crippen LogP contribution in [0, 0.1) is 19.8 Å².